The standard InChI is InChI=1S/C11H20BrNO2/c1-10(2,12)9(15)13-11(8-14)6-4-3-5-7-11/h14H,3-8H2,1-2H3,(H,13,15). The van der Waals surface area contributed by atoms with Crippen LogP contribution in [0, 0.1) is 0 Å². The van der Waals surface area contributed by atoms with E-state index in [1.54, 1.807) is 0 Å². The van der Waals surface area contributed by atoms with E-state index < -0.39 is 4.32 Å². The minimum atomic E-state index is -0.563. The Hall–Kier alpha value is -0.0900. The summed E-state index contributed by atoms with van der Waals surface area (Å²) in [5.74, 6) is -0.0431. The number of hydrogen-bond donors (Lipinski definition) is 2. The summed E-state index contributed by atoms with van der Waals surface area (Å²) in [7, 11) is 0. The van der Waals surface area contributed by atoms with E-state index >= 15 is 0 Å². The van der Waals surface area contributed by atoms with Gasteiger partial charge < -0.3 is 10.4 Å². The molecular weight excluding hydrogens is 258 g/mol. The molecule has 1 aliphatic carbocycles. The smallest absolute Gasteiger partial charge is 0.236 e. The zero-order valence-electron chi connectivity index (χ0n) is 9.48. The minimum Gasteiger partial charge on any atom is -0.394 e. The van der Waals surface area contributed by atoms with Crippen molar-refractivity contribution in [2.75, 3.05) is 6.61 Å². The van der Waals surface area contributed by atoms with Gasteiger partial charge in [-0.3, -0.25) is 4.79 Å². The lowest BCUT2D eigenvalue weighted by Gasteiger charge is -2.38. The zero-order chi connectivity index (χ0) is 11.5. The third-order valence-corrected chi connectivity index (χ3v) is 3.39. The predicted octanol–water partition coefficient (Wildman–Crippen LogP) is 1.97. The van der Waals surface area contributed by atoms with Crippen molar-refractivity contribution in [1.82, 2.24) is 5.32 Å². The van der Waals surface area contributed by atoms with Crippen molar-refractivity contribution in [3.63, 3.8) is 0 Å². The van der Waals surface area contributed by atoms with Crippen LogP contribution in [-0.2, 0) is 4.79 Å². The van der Waals surface area contributed by atoms with E-state index in [1.165, 1.54) is 6.42 Å². The topological polar surface area (TPSA) is 49.3 Å². The maximum Gasteiger partial charge on any atom is 0.236 e. The molecule has 1 saturated carbocycles. The van der Waals surface area contributed by atoms with Crippen molar-refractivity contribution in [3.8, 4) is 0 Å². The fraction of sp³-hybridized carbons (Fsp3) is 0.909. The maximum absolute atomic E-state index is 11.8. The average Bonchev–Trinajstić information content (AvgIpc) is 2.18. The highest BCUT2D eigenvalue weighted by Crippen LogP contribution is 2.29. The Morgan fingerprint density at radius 2 is 1.93 bits per heavy atom. The highest BCUT2D eigenvalue weighted by atomic mass is 79.9. The van der Waals surface area contributed by atoms with Gasteiger partial charge in [-0.2, -0.15) is 0 Å². The molecule has 88 valence electrons. The van der Waals surface area contributed by atoms with Crippen LogP contribution in [0.3, 0.4) is 0 Å². The fourth-order valence-electron chi connectivity index (χ4n) is 1.94. The van der Waals surface area contributed by atoms with Crippen LogP contribution in [0.15, 0.2) is 0 Å². The Labute approximate surface area is 99.8 Å². The molecule has 1 amide bonds. The van der Waals surface area contributed by atoms with Crippen LogP contribution in [0.25, 0.3) is 0 Å². The van der Waals surface area contributed by atoms with E-state index in [0.29, 0.717) is 0 Å². The van der Waals surface area contributed by atoms with E-state index in [2.05, 4.69) is 21.2 Å². The van der Waals surface area contributed by atoms with Crippen LogP contribution in [0.1, 0.15) is 46.0 Å². The molecule has 1 aliphatic rings. The van der Waals surface area contributed by atoms with Gasteiger partial charge in [-0.25, -0.2) is 0 Å². The first-order valence-corrected chi connectivity index (χ1v) is 6.31. The van der Waals surface area contributed by atoms with Crippen molar-refractivity contribution >= 4 is 21.8 Å². The molecule has 0 aromatic heterocycles. The van der Waals surface area contributed by atoms with Gasteiger partial charge in [0.05, 0.1) is 16.5 Å². The highest BCUT2D eigenvalue weighted by molar-refractivity contribution is 9.10. The number of aliphatic hydroxyl groups is 1. The molecule has 1 rings (SSSR count). The maximum atomic E-state index is 11.8. The second kappa shape index (κ2) is 4.83. The Kier molecular flexibility index (Phi) is 4.18. The second-order valence-electron chi connectivity index (χ2n) is 4.93. The largest absolute Gasteiger partial charge is 0.394 e. The van der Waals surface area contributed by atoms with E-state index in [1.807, 2.05) is 13.8 Å². The molecule has 0 aliphatic heterocycles. The lowest BCUT2D eigenvalue weighted by Crippen LogP contribution is -2.56. The van der Waals surface area contributed by atoms with E-state index in [4.69, 9.17) is 0 Å². The minimum absolute atomic E-state index is 0.0431. The number of rotatable bonds is 3. The lowest BCUT2D eigenvalue weighted by atomic mass is 9.82. The van der Waals surface area contributed by atoms with E-state index in [0.717, 1.165) is 25.7 Å². The molecule has 0 unspecified atom stereocenters. The molecule has 0 radical (unpaired) electrons. The summed E-state index contributed by atoms with van der Waals surface area (Å²) in [5, 5.41) is 12.4. The number of hydrogen-bond acceptors (Lipinski definition) is 2. The monoisotopic (exact) mass is 277 g/mol. The average molecular weight is 278 g/mol. The summed E-state index contributed by atoms with van der Waals surface area (Å²) in [6, 6.07) is 0. The molecule has 0 bridgehead atoms. The van der Waals surface area contributed by atoms with Crippen LogP contribution < -0.4 is 5.32 Å². The number of aliphatic hydroxyl groups excluding tert-OH is 1. The Morgan fingerprint density at radius 3 is 2.33 bits per heavy atom. The first-order valence-electron chi connectivity index (χ1n) is 5.52. The van der Waals surface area contributed by atoms with Crippen molar-refractivity contribution < 1.29 is 9.90 Å². The van der Waals surface area contributed by atoms with Gasteiger partial charge in [-0.1, -0.05) is 35.2 Å². The molecule has 0 heterocycles. The van der Waals surface area contributed by atoms with Crippen molar-refractivity contribution in [2.45, 2.75) is 55.8 Å². The van der Waals surface area contributed by atoms with Gasteiger partial charge in [0.2, 0.25) is 5.91 Å². The number of amides is 1. The molecule has 15 heavy (non-hydrogen) atoms. The van der Waals surface area contributed by atoms with Crippen molar-refractivity contribution in [1.29, 1.82) is 0 Å². The summed E-state index contributed by atoms with van der Waals surface area (Å²) in [6.07, 6.45) is 5.15. The third kappa shape index (κ3) is 3.45. The summed E-state index contributed by atoms with van der Waals surface area (Å²) < 4.78 is -0.563. The molecule has 0 aromatic carbocycles. The molecule has 1 fully saturated rings. The van der Waals surface area contributed by atoms with E-state index in [-0.39, 0.29) is 18.1 Å². The summed E-state index contributed by atoms with van der Waals surface area (Å²) in [4.78, 5) is 11.8. The predicted molar refractivity (Wildman–Crippen MR) is 64.1 cm³/mol. The Balaban J connectivity index is 2.63. The van der Waals surface area contributed by atoms with Gasteiger partial charge in [-0.15, -0.1) is 0 Å². The summed E-state index contributed by atoms with van der Waals surface area (Å²) >= 11 is 3.33. The zero-order valence-corrected chi connectivity index (χ0v) is 11.1. The molecular formula is C11H20BrNO2. The first kappa shape index (κ1) is 13.0. The van der Waals surface area contributed by atoms with Gasteiger partial charge in [0, 0.05) is 0 Å². The molecule has 2 N–H and O–H groups in total. The number of halogens is 1. The van der Waals surface area contributed by atoms with E-state index in [9.17, 15) is 9.90 Å². The van der Waals surface area contributed by atoms with Gasteiger partial charge in [0.25, 0.3) is 0 Å². The number of alkyl halides is 1. The number of carbonyl (C=O) groups is 1. The lowest BCUT2D eigenvalue weighted by molar-refractivity contribution is -0.125. The molecule has 0 atom stereocenters. The van der Waals surface area contributed by atoms with Gasteiger partial charge in [-0.05, 0) is 26.7 Å². The third-order valence-electron chi connectivity index (χ3n) is 3.03. The van der Waals surface area contributed by atoms with Crippen LogP contribution in [0.4, 0.5) is 0 Å². The fourth-order valence-corrected chi connectivity index (χ4v) is 2.04. The Morgan fingerprint density at radius 1 is 1.40 bits per heavy atom. The number of carbonyl (C=O) groups excluding carboxylic acids is 1. The normalized spacial score (nSPS) is 21.1. The van der Waals surface area contributed by atoms with Gasteiger partial charge >= 0.3 is 0 Å². The summed E-state index contributed by atoms with van der Waals surface area (Å²) in [6.45, 7) is 3.67. The van der Waals surface area contributed by atoms with Crippen LogP contribution in [0.5, 0.6) is 0 Å². The summed E-state index contributed by atoms with van der Waals surface area (Å²) in [5.41, 5.74) is -0.375. The molecule has 4 heteroatoms. The van der Waals surface area contributed by atoms with Crippen molar-refractivity contribution in [3.05, 3.63) is 0 Å². The molecule has 0 spiro atoms. The van der Waals surface area contributed by atoms with Crippen LogP contribution in [0.2, 0.25) is 0 Å². The molecule has 0 aromatic rings. The second-order valence-corrected chi connectivity index (χ2v) is 6.91. The SMILES string of the molecule is CC(C)(Br)C(=O)NC1(CO)CCCCC1. The quantitative estimate of drug-likeness (QED) is 0.775. The van der Waals surface area contributed by atoms with Gasteiger partial charge in [0.15, 0.2) is 0 Å². The van der Waals surface area contributed by atoms with Crippen LogP contribution >= 0.6 is 15.9 Å². The van der Waals surface area contributed by atoms with Gasteiger partial charge in [0.1, 0.15) is 0 Å². The molecule has 0 saturated heterocycles. The highest BCUT2D eigenvalue weighted by Gasteiger charge is 2.36. The number of nitrogens with one attached hydrogen (secondary N) is 1. The van der Waals surface area contributed by atoms with Crippen molar-refractivity contribution in [2.24, 2.45) is 0 Å². The van der Waals surface area contributed by atoms with Crippen LogP contribution in [-0.4, -0.2) is 27.5 Å². The first-order chi connectivity index (χ1) is 6.90. The molecule has 3 nitrogen and oxygen atoms in total. The Bertz CT molecular complexity index is 229.